The van der Waals surface area contributed by atoms with E-state index in [1.807, 2.05) is 13.0 Å². The third-order valence-corrected chi connectivity index (χ3v) is 4.55. The zero-order valence-corrected chi connectivity index (χ0v) is 12.0. The van der Waals surface area contributed by atoms with E-state index in [4.69, 9.17) is 0 Å². The molecule has 18 heavy (non-hydrogen) atoms. The molecule has 0 bridgehead atoms. The standard InChI is InChI=1S/C16H25NO/c1-11-5-6-15(16(18)9-11)14(4)17-8-7-12(2)13(3)10-17/h5-6,9,12-14,18H,7-8,10H2,1-4H3. The Balaban J connectivity index is 2.13. The number of hydrogen-bond acceptors (Lipinski definition) is 2. The maximum atomic E-state index is 10.1. The second kappa shape index (κ2) is 5.31. The first-order valence-electron chi connectivity index (χ1n) is 7.02. The Morgan fingerprint density at radius 2 is 2.00 bits per heavy atom. The largest absolute Gasteiger partial charge is 0.508 e. The molecule has 2 rings (SSSR count). The number of nitrogens with zero attached hydrogens (tertiary/aromatic N) is 1. The van der Waals surface area contributed by atoms with Gasteiger partial charge in [-0.3, -0.25) is 4.90 Å². The number of benzene rings is 1. The fraction of sp³-hybridized carbons (Fsp3) is 0.625. The van der Waals surface area contributed by atoms with E-state index in [1.54, 1.807) is 0 Å². The van der Waals surface area contributed by atoms with Gasteiger partial charge < -0.3 is 5.11 Å². The van der Waals surface area contributed by atoms with Gasteiger partial charge in [0.05, 0.1) is 0 Å². The Labute approximate surface area is 111 Å². The van der Waals surface area contributed by atoms with Crippen molar-refractivity contribution >= 4 is 0 Å². The number of phenolic OH excluding ortho intramolecular Hbond substituents is 1. The molecule has 1 aliphatic rings. The molecule has 2 nitrogen and oxygen atoms in total. The van der Waals surface area contributed by atoms with Gasteiger partial charge in [0, 0.05) is 18.2 Å². The topological polar surface area (TPSA) is 23.5 Å². The van der Waals surface area contributed by atoms with E-state index in [2.05, 4.69) is 37.8 Å². The molecule has 1 N–H and O–H groups in total. The first-order valence-corrected chi connectivity index (χ1v) is 7.02. The molecule has 3 unspecified atom stereocenters. The van der Waals surface area contributed by atoms with Crippen molar-refractivity contribution in [3.05, 3.63) is 29.3 Å². The molecule has 3 atom stereocenters. The number of phenols is 1. The first kappa shape index (κ1) is 13.4. The normalized spacial score (nSPS) is 27.1. The number of rotatable bonds is 2. The summed E-state index contributed by atoms with van der Waals surface area (Å²) in [6.07, 6.45) is 1.26. The van der Waals surface area contributed by atoms with E-state index in [-0.39, 0.29) is 0 Å². The van der Waals surface area contributed by atoms with Crippen LogP contribution in [0.3, 0.4) is 0 Å². The van der Waals surface area contributed by atoms with E-state index in [0.717, 1.165) is 36.1 Å². The van der Waals surface area contributed by atoms with Gasteiger partial charge in [-0.1, -0.05) is 26.0 Å². The Kier molecular flexibility index (Phi) is 3.96. The molecule has 0 spiro atoms. The summed E-state index contributed by atoms with van der Waals surface area (Å²) in [5.74, 6) is 2.00. The highest BCUT2D eigenvalue weighted by Crippen LogP contribution is 2.33. The molecule has 0 aliphatic carbocycles. The van der Waals surface area contributed by atoms with Crippen LogP contribution in [-0.4, -0.2) is 23.1 Å². The summed E-state index contributed by atoms with van der Waals surface area (Å²) < 4.78 is 0. The van der Waals surface area contributed by atoms with Gasteiger partial charge in [0.15, 0.2) is 0 Å². The van der Waals surface area contributed by atoms with Gasteiger partial charge in [0.25, 0.3) is 0 Å². The van der Waals surface area contributed by atoms with Gasteiger partial charge in [0.2, 0.25) is 0 Å². The van der Waals surface area contributed by atoms with Crippen molar-refractivity contribution in [3.63, 3.8) is 0 Å². The van der Waals surface area contributed by atoms with Crippen LogP contribution in [0, 0.1) is 18.8 Å². The third-order valence-electron chi connectivity index (χ3n) is 4.55. The average Bonchev–Trinajstić information content (AvgIpc) is 2.32. The van der Waals surface area contributed by atoms with E-state index in [0.29, 0.717) is 11.8 Å². The maximum absolute atomic E-state index is 10.1. The summed E-state index contributed by atoms with van der Waals surface area (Å²) >= 11 is 0. The van der Waals surface area contributed by atoms with Crippen molar-refractivity contribution in [1.29, 1.82) is 0 Å². The SMILES string of the molecule is Cc1ccc(C(C)N2CCC(C)C(C)C2)c(O)c1. The molecule has 2 heteroatoms. The van der Waals surface area contributed by atoms with Crippen LogP contribution in [-0.2, 0) is 0 Å². The Morgan fingerprint density at radius 1 is 1.28 bits per heavy atom. The van der Waals surface area contributed by atoms with Gasteiger partial charge in [-0.05, 0) is 50.3 Å². The minimum Gasteiger partial charge on any atom is -0.508 e. The number of piperidine rings is 1. The molecule has 0 radical (unpaired) electrons. The zero-order chi connectivity index (χ0) is 13.3. The zero-order valence-electron chi connectivity index (χ0n) is 12.0. The maximum Gasteiger partial charge on any atom is 0.120 e. The lowest BCUT2D eigenvalue weighted by atomic mass is 9.87. The summed E-state index contributed by atoms with van der Waals surface area (Å²) in [5, 5.41) is 10.1. The number of likely N-dealkylation sites (tertiary alicyclic amines) is 1. The predicted octanol–water partition coefficient (Wildman–Crippen LogP) is 3.74. The van der Waals surface area contributed by atoms with Crippen LogP contribution < -0.4 is 0 Å². The molecule has 0 aromatic heterocycles. The summed E-state index contributed by atoms with van der Waals surface area (Å²) in [4.78, 5) is 2.50. The monoisotopic (exact) mass is 247 g/mol. The molecule has 1 heterocycles. The highest BCUT2D eigenvalue weighted by Gasteiger charge is 2.27. The first-order chi connectivity index (χ1) is 8.49. The van der Waals surface area contributed by atoms with E-state index < -0.39 is 0 Å². The van der Waals surface area contributed by atoms with Crippen LogP contribution in [0.2, 0.25) is 0 Å². The molecule has 1 fully saturated rings. The lowest BCUT2D eigenvalue weighted by molar-refractivity contribution is 0.102. The van der Waals surface area contributed by atoms with Crippen molar-refractivity contribution < 1.29 is 5.11 Å². The average molecular weight is 247 g/mol. The van der Waals surface area contributed by atoms with Crippen LogP contribution in [0.4, 0.5) is 0 Å². The molecule has 1 aromatic carbocycles. The van der Waals surface area contributed by atoms with Crippen molar-refractivity contribution in [2.24, 2.45) is 11.8 Å². The van der Waals surface area contributed by atoms with E-state index >= 15 is 0 Å². The molecule has 0 amide bonds. The van der Waals surface area contributed by atoms with Crippen molar-refractivity contribution in [1.82, 2.24) is 4.90 Å². The van der Waals surface area contributed by atoms with Crippen LogP contribution >= 0.6 is 0 Å². The van der Waals surface area contributed by atoms with Crippen LogP contribution in [0.25, 0.3) is 0 Å². The molecule has 1 aromatic rings. The van der Waals surface area contributed by atoms with Gasteiger partial charge in [-0.25, -0.2) is 0 Å². The van der Waals surface area contributed by atoms with E-state index in [1.165, 1.54) is 6.42 Å². The van der Waals surface area contributed by atoms with Gasteiger partial charge >= 0.3 is 0 Å². The van der Waals surface area contributed by atoms with Gasteiger partial charge in [0.1, 0.15) is 5.75 Å². The van der Waals surface area contributed by atoms with Crippen molar-refractivity contribution in [2.75, 3.05) is 13.1 Å². The third kappa shape index (κ3) is 2.69. The highest BCUT2D eigenvalue weighted by molar-refractivity contribution is 5.37. The minimum atomic E-state index is 0.306. The molecule has 1 saturated heterocycles. The number of aryl methyl sites for hydroxylation is 1. The molecule has 100 valence electrons. The lowest BCUT2D eigenvalue weighted by Crippen LogP contribution is -2.39. The molecule has 0 saturated carbocycles. The lowest BCUT2D eigenvalue weighted by Gasteiger charge is -2.39. The molecular formula is C16H25NO. The summed E-state index contributed by atoms with van der Waals surface area (Å²) in [6, 6.07) is 6.32. The van der Waals surface area contributed by atoms with Gasteiger partial charge in [-0.15, -0.1) is 0 Å². The molecular weight excluding hydrogens is 222 g/mol. The predicted molar refractivity (Wildman–Crippen MR) is 75.8 cm³/mol. The van der Waals surface area contributed by atoms with Crippen LogP contribution in [0.1, 0.15) is 44.4 Å². The van der Waals surface area contributed by atoms with Gasteiger partial charge in [-0.2, -0.15) is 0 Å². The van der Waals surface area contributed by atoms with Crippen LogP contribution in [0.5, 0.6) is 5.75 Å². The van der Waals surface area contributed by atoms with E-state index in [9.17, 15) is 5.11 Å². The summed E-state index contributed by atoms with van der Waals surface area (Å²) in [7, 11) is 0. The van der Waals surface area contributed by atoms with Crippen molar-refractivity contribution in [2.45, 2.75) is 40.2 Å². The smallest absolute Gasteiger partial charge is 0.120 e. The fourth-order valence-corrected chi connectivity index (χ4v) is 2.85. The second-order valence-corrected chi connectivity index (χ2v) is 5.98. The quantitative estimate of drug-likeness (QED) is 0.860. The highest BCUT2D eigenvalue weighted by atomic mass is 16.3. The van der Waals surface area contributed by atoms with Crippen LogP contribution in [0.15, 0.2) is 18.2 Å². The summed E-state index contributed by atoms with van der Waals surface area (Å²) in [5.41, 5.74) is 2.17. The number of aromatic hydroxyl groups is 1. The fourth-order valence-electron chi connectivity index (χ4n) is 2.85. The Bertz CT molecular complexity index is 416. The second-order valence-electron chi connectivity index (χ2n) is 5.98. The Morgan fingerprint density at radius 3 is 2.61 bits per heavy atom. The Hall–Kier alpha value is -1.02. The minimum absolute atomic E-state index is 0.306. The van der Waals surface area contributed by atoms with Crippen molar-refractivity contribution in [3.8, 4) is 5.75 Å². The summed E-state index contributed by atoms with van der Waals surface area (Å²) in [6.45, 7) is 11.2. The molecule has 1 aliphatic heterocycles. The number of hydrogen-bond donors (Lipinski definition) is 1.